The molecule has 0 aromatic heterocycles. The van der Waals surface area contributed by atoms with Gasteiger partial charge in [0.1, 0.15) is 0 Å². The molecule has 1 heterocycles. The molecular formula is C7H12F2NO. The van der Waals surface area contributed by atoms with Gasteiger partial charge in [0.25, 0.3) is 6.43 Å². The smallest absolute Gasteiger partial charge is 0.251 e. The van der Waals surface area contributed by atoms with Gasteiger partial charge in [0.15, 0.2) is 0 Å². The second-order valence-electron chi connectivity index (χ2n) is 2.89. The van der Waals surface area contributed by atoms with Crippen LogP contribution in [-0.2, 0) is 5.11 Å². The van der Waals surface area contributed by atoms with E-state index in [1.54, 1.807) is 4.90 Å². The molecule has 0 atom stereocenters. The Hall–Kier alpha value is -0.220. The van der Waals surface area contributed by atoms with Gasteiger partial charge in [-0.15, -0.1) is 0 Å². The summed E-state index contributed by atoms with van der Waals surface area (Å²) in [6.07, 6.45) is -1.75. The molecule has 1 aliphatic heterocycles. The highest BCUT2D eigenvalue weighted by Crippen LogP contribution is 2.11. The zero-order chi connectivity index (χ0) is 8.27. The standard InChI is InChI=1S/C7H12F2NO/c8-7(9)5-10-3-1-6(11)2-4-10/h6-7H,1-5H2. The van der Waals surface area contributed by atoms with Crippen molar-refractivity contribution in [2.45, 2.75) is 25.4 Å². The van der Waals surface area contributed by atoms with E-state index >= 15 is 0 Å². The van der Waals surface area contributed by atoms with Crippen molar-refractivity contribution in [1.29, 1.82) is 0 Å². The highest BCUT2D eigenvalue weighted by atomic mass is 19.3. The van der Waals surface area contributed by atoms with Crippen molar-refractivity contribution in [3.05, 3.63) is 0 Å². The molecule has 1 radical (unpaired) electrons. The maximum Gasteiger partial charge on any atom is 0.251 e. The molecule has 11 heavy (non-hydrogen) atoms. The molecule has 0 amide bonds. The minimum atomic E-state index is -2.27. The molecule has 0 aromatic carbocycles. The maximum absolute atomic E-state index is 11.8. The summed E-state index contributed by atoms with van der Waals surface area (Å²) < 4.78 is 23.6. The molecule has 0 spiro atoms. The summed E-state index contributed by atoms with van der Waals surface area (Å²) in [5, 5.41) is 10.8. The summed E-state index contributed by atoms with van der Waals surface area (Å²) in [4.78, 5) is 1.65. The Labute approximate surface area is 64.8 Å². The summed E-state index contributed by atoms with van der Waals surface area (Å²) in [7, 11) is 0. The molecule has 2 nitrogen and oxygen atoms in total. The molecule has 0 aliphatic carbocycles. The Bertz CT molecular complexity index is 113. The molecular weight excluding hydrogens is 152 g/mol. The van der Waals surface area contributed by atoms with E-state index < -0.39 is 12.5 Å². The minimum absolute atomic E-state index is 0.174. The van der Waals surface area contributed by atoms with Crippen LogP contribution in [0.2, 0.25) is 0 Å². The fourth-order valence-electron chi connectivity index (χ4n) is 1.29. The lowest BCUT2D eigenvalue weighted by Crippen LogP contribution is -2.38. The van der Waals surface area contributed by atoms with Crippen LogP contribution in [0.4, 0.5) is 8.78 Å². The van der Waals surface area contributed by atoms with Crippen LogP contribution in [0, 0.1) is 0 Å². The fourth-order valence-corrected chi connectivity index (χ4v) is 1.29. The van der Waals surface area contributed by atoms with Gasteiger partial charge in [0.05, 0.1) is 12.6 Å². The van der Waals surface area contributed by atoms with Gasteiger partial charge in [0.2, 0.25) is 0 Å². The Morgan fingerprint density at radius 1 is 1.36 bits per heavy atom. The third-order valence-corrected chi connectivity index (χ3v) is 1.93. The van der Waals surface area contributed by atoms with Crippen molar-refractivity contribution < 1.29 is 13.9 Å². The van der Waals surface area contributed by atoms with Gasteiger partial charge < -0.3 is 0 Å². The molecule has 1 rings (SSSR count). The third kappa shape index (κ3) is 3.12. The maximum atomic E-state index is 11.8. The van der Waals surface area contributed by atoms with E-state index in [1.807, 2.05) is 0 Å². The van der Waals surface area contributed by atoms with Gasteiger partial charge in [0, 0.05) is 13.1 Å². The molecule has 0 bridgehead atoms. The minimum Gasteiger partial charge on any atom is -0.298 e. The van der Waals surface area contributed by atoms with Crippen molar-refractivity contribution in [1.82, 2.24) is 4.90 Å². The number of alkyl halides is 2. The van der Waals surface area contributed by atoms with Crippen LogP contribution >= 0.6 is 0 Å². The topological polar surface area (TPSA) is 23.1 Å². The Kier molecular flexibility index (Phi) is 3.20. The van der Waals surface area contributed by atoms with Crippen molar-refractivity contribution in [2.75, 3.05) is 19.6 Å². The van der Waals surface area contributed by atoms with Gasteiger partial charge in [-0.3, -0.25) is 4.90 Å². The van der Waals surface area contributed by atoms with Crippen molar-refractivity contribution in [2.24, 2.45) is 0 Å². The quantitative estimate of drug-likeness (QED) is 0.600. The Morgan fingerprint density at radius 3 is 2.36 bits per heavy atom. The predicted octanol–water partition coefficient (Wildman–Crippen LogP) is 1.15. The highest BCUT2D eigenvalue weighted by molar-refractivity contribution is 4.70. The van der Waals surface area contributed by atoms with Gasteiger partial charge in [-0.25, -0.2) is 13.9 Å². The zero-order valence-corrected chi connectivity index (χ0v) is 6.30. The van der Waals surface area contributed by atoms with Crippen molar-refractivity contribution in [3.8, 4) is 0 Å². The van der Waals surface area contributed by atoms with Crippen LogP contribution in [0.1, 0.15) is 12.8 Å². The summed E-state index contributed by atoms with van der Waals surface area (Å²) in [6.45, 7) is 0.906. The largest absolute Gasteiger partial charge is 0.298 e. The predicted molar refractivity (Wildman–Crippen MR) is 36.2 cm³/mol. The molecule has 1 fully saturated rings. The molecule has 1 aliphatic rings. The van der Waals surface area contributed by atoms with Gasteiger partial charge in [-0.2, -0.15) is 0 Å². The molecule has 0 N–H and O–H groups in total. The Morgan fingerprint density at radius 2 is 1.91 bits per heavy atom. The average Bonchev–Trinajstić information content (AvgIpc) is 1.93. The lowest BCUT2D eigenvalue weighted by atomic mass is 10.1. The van der Waals surface area contributed by atoms with E-state index in [9.17, 15) is 13.9 Å². The first-order valence-corrected chi connectivity index (χ1v) is 3.85. The number of halogens is 2. The second-order valence-corrected chi connectivity index (χ2v) is 2.89. The molecule has 65 valence electrons. The first-order valence-electron chi connectivity index (χ1n) is 3.85. The molecule has 0 aromatic rings. The lowest BCUT2D eigenvalue weighted by molar-refractivity contribution is 0.00775. The third-order valence-electron chi connectivity index (χ3n) is 1.93. The number of rotatable bonds is 2. The van der Waals surface area contributed by atoms with Crippen LogP contribution in [-0.4, -0.2) is 37.1 Å². The summed E-state index contributed by atoms with van der Waals surface area (Å²) >= 11 is 0. The van der Waals surface area contributed by atoms with E-state index in [2.05, 4.69) is 0 Å². The van der Waals surface area contributed by atoms with Gasteiger partial charge >= 0.3 is 0 Å². The SMILES string of the molecule is [O]C1CCN(CC(F)F)CC1. The Balaban J connectivity index is 2.17. The first-order chi connectivity index (χ1) is 5.18. The van der Waals surface area contributed by atoms with Crippen LogP contribution < -0.4 is 0 Å². The van der Waals surface area contributed by atoms with E-state index in [4.69, 9.17) is 0 Å². The summed E-state index contributed by atoms with van der Waals surface area (Å²) in [5.74, 6) is 0. The number of hydrogen-bond donors (Lipinski definition) is 0. The summed E-state index contributed by atoms with van der Waals surface area (Å²) in [6, 6.07) is 0. The van der Waals surface area contributed by atoms with Crippen molar-refractivity contribution in [3.63, 3.8) is 0 Å². The van der Waals surface area contributed by atoms with E-state index in [0.717, 1.165) is 0 Å². The number of piperidine rings is 1. The molecule has 0 unspecified atom stereocenters. The first kappa shape index (κ1) is 8.87. The second kappa shape index (κ2) is 3.97. The molecule has 0 saturated carbocycles. The highest BCUT2D eigenvalue weighted by Gasteiger charge is 2.20. The average molecular weight is 164 g/mol. The summed E-state index contributed by atoms with van der Waals surface area (Å²) in [5.41, 5.74) is 0. The van der Waals surface area contributed by atoms with Crippen LogP contribution in [0.25, 0.3) is 0 Å². The monoisotopic (exact) mass is 164 g/mol. The lowest BCUT2D eigenvalue weighted by Gasteiger charge is -2.27. The number of hydrogen-bond acceptors (Lipinski definition) is 1. The van der Waals surface area contributed by atoms with E-state index in [0.29, 0.717) is 25.9 Å². The van der Waals surface area contributed by atoms with Crippen LogP contribution in [0.15, 0.2) is 0 Å². The van der Waals surface area contributed by atoms with Gasteiger partial charge in [-0.1, -0.05) is 0 Å². The zero-order valence-electron chi connectivity index (χ0n) is 6.30. The molecule has 1 saturated heterocycles. The number of nitrogens with zero attached hydrogens (tertiary/aromatic N) is 1. The van der Waals surface area contributed by atoms with Crippen molar-refractivity contribution >= 4 is 0 Å². The normalized spacial score (nSPS) is 22.9. The van der Waals surface area contributed by atoms with E-state index in [-0.39, 0.29) is 6.54 Å². The van der Waals surface area contributed by atoms with Crippen LogP contribution in [0.3, 0.4) is 0 Å². The molecule has 4 heteroatoms. The van der Waals surface area contributed by atoms with Gasteiger partial charge in [-0.05, 0) is 12.8 Å². The number of likely N-dealkylation sites (tertiary alicyclic amines) is 1. The van der Waals surface area contributed by atoms with Crippen LogP contribution in [0.5, 0.6) is 0 Å². The van der Waals surface area contributed by atoms with E-state index in [1.165, 1.54) is 0 Å². The fraction of sp³-hybridized carbons (Fsp3) is 1.00.